The van der Waals surface area contributed by atoms with Crippen molar-refractivity contribution in [1.29, 1.82) is 0 Å². The van der Waals surface area contributed by atoms with Gasteiger partial charge in [0.1, 0.15) is 0 Å². The van der Waals surface area contributed by atoms with Crippen molar-refractivity contribution >= 4 is 15.9 Å². The molecule has 0 aliphatic rings. The summed E-state index contributed by atoms with van der Waals surface area (Å²) in [5.41, 5.74) is 1.28. The largest absolute Gasteiger partial charge is 0.393 e. The van der Waals surface area contributed by atoms with Crippen molar-refractivity contribution < 1.29 is 5.11 Å². The fourth-order valence-corrected chi connectivity index (χ4v) is 2.03. The molecule has 0 bridgehead atoms. The number of benzene rings is 1. The lowest BCUT2D eigenvalue weighted by Gasteiger charge is -2.14. The summed E-state index contributed by atoms with van der Waals surface area (Å²) in [5.74, 6) is 0. The number of aliphatic hydroxyl groups excluding tert-OH is 1. The van der Waals surface area contributed by atoms with Crippen molar-refractivity contribution in [3.05, 3.63) is 34.3 Å². The molecule has 0 aliphatic carbocycles. The zero-order valence-corrected chi connectivity index (χ0v) is 11.5. The molecule has 0 saturated heterocycles. The molecule has 0 spiro atoms. The summed E-state index contributed by atoms with van der Waals surface area (Å²) >= 11 is 3.47. The fourth-order valence-electron chi connectivity index (χ4n) is 1.61. The molecule has 0 aliphatic heterocycles. The third-order valence-electron chi connectivity index (χ3n) is 2.60. The van der Waals surface area contributed by atoms with Crippen molar-refractivity contribution in [1.82, 2.24) is 5.32 Å². The van der Waals surface area contributed by atoms with Gasteiger partial charge in [0.15, 0.2) is 0 Å². The number of nitrogens with one attached hydrogen (secondary N) is 1. The van der Waals surface area contributed by atoms with Crippen LogP contribution in [0.25, 0.3) is 0 Å². The molecule has 2 N–H and O–H groups in total. The van der Waals surface area contributed by atoms with E-state index in [2.05, 4.69) is 40.3 Å². The van der Waals surface area contributed by atoms with Crippen LogP contribution in [0.4, 0.5) is 0 Å². The SMILES string of the molecule is CC(O)CCCNC(C)c1cccc(Br)c1. The minimum absolute atomic E-state index is 0.192. The van der Waals surface area contributed by atoms with Crippen molar-refractivity contribution in [2.45, 2.75) is 38.8 Å². The quantitative estimate of drug-likeness (QED) is 0.787. The summed E-state index contributed by atoms with van der Waals surface area (Å²) in [6.45, 7) is 4.93. The molecule has 0 radical (unpaired) electrons. The average molecular weight is 286 g/mol. The Hall–Kier alpha value is -0.380. The van der Waals surface area contributed by atoms with Crippen LogP contribution in [0, 0.1) is 0 Å². The second-order valence-electron chi connectivity index (χ2n) is 4.22. The van der Waals surface area contributed by atoms with Gasteiger partial charge in [0.25, 0.3) is 0 Å². The second kappa shape index (κ2) is 7.05. The highest BCUT2D eigenvalue weighted by atomic mass is 79.9. The Morgan fingerprint density at radius 1 is 1.38 bits per heavy atom. The summed E-state index contributed by atoms with van der Waals surface area (Å²) in [6.07, 6.45) is 1.68. The molecule has 2 nitrogen and oxygen atoms in total. The van der Waals surface area contributed by atoms with E-state index in [4.69, 9.17) is 5.11 Å². The molecule has 90 valence electrons. The number of hydrogen-bond donors (Lipinski definition) is 2. The summed E-state index contributed by atoms with van der Waals surface area (Å²) < 4.78 is 1.11. The molecule has 2 atom stereocenters. The van der Waals surface area contributed by atoms with E-state index < -0.39 is 0 Å². The summed E-state index contributed by atoms with van der Waals surface area (Å²) in [6, 6.07) is 8.69. The lowest BCUT2D eigenvalue weighted by Crippen LogP contribution is -2.20. The Kier molecular flexibility index (Phi) is 6.03. The predicted octanol–water partition coefficient (Wildman–Crippen LogP) is 3.26. The molecule has 0 amide bonds. The van der Waals surface area contributed by atoms with Crippen molar-refractivity contribution in [2.24, 2.45) is 0 Å². The number of aliphatic hydroxyl groups is 1. The molecular weight excluding hydrogens is 266 g/mol. The van der Waals surface area contributed by atoms with E-state index in [1.807, 2.05) is 19.1 Å². The zero-order chi connectivity index (χ0) is 12.0. The first-order valence-electron chi connectivity index (χ1n) is 5.76. The lowest BCUT2D eigenvalue weighted by atomic mass is 10.1. The number of hydrogen-bond acceptors (Lipinski definition) is 2. The molecule has 1 aromatic rings. The first-order chi connectivity index (χ1) is 7.59. The first kappa shape index (κ1) is 13.7. The highest BCUT2D eigenvalue weighted by Gasteiger charge is 2.04. The molecule has 16 heavy (non-hydrogen) atoms. The molecule has 3 heteroatoms. The van der Waals surface area contributed by atoms with E-state index in [1.165, 1.54) is 5.56 Å². The molecule has 0 fully saturated rings. The van der Waals surface area contributed by atoms with Crippen molar-refractivity contribution in [3.8, 4) is 0 Å². The number of halogens is 1. The maximum atomic E-state index is 9.14. The van der Waals surface area contributed by atoms with Gasteiger partial charge in [-0.2, -0.15) is 0 Å². The van der Waals surface area contributed by atoms with Gasteiger partial charge < -0.3 is 10.4 Å². The van der Waals surface area contributed by atoms with Gasteiger partial charge in [-0.25, -0.2) is 0 Å². The Morgan fingerprint density at radius 2 is 2.12 bits per heavy atom. The van der Waals surface area contributed by atoms with Crippen LogP contribution < -0.4 is 5.32 Å². The fraction of sp³-hybridized carbons (Fsp3) is 0.538. The van der Waals surface area contributed by atoms with Crippen molar-refractivity contribution in [2.75, 3.05) is 6.54 Å². The molecule has 1 aromatic carbocycles. The van der Waals surface area contributed by atoms with Gasteiger partial charge in [0, 0.05) is 10.5 Å². The summed E-state index contributed by atoms with van der Waals surface area (Å²) in [5, 5.41) is 12.6. The van der Waals surface area contributed by atoms with Gasteiger partial charge in [0.05, 0.1) is 6.10 Å². The maximum Gasteiger partial charge on any atom is 0.0512 e. The van der Waals surface area contributed by atoms with Gasteiger partial charge in [0.2, 0.25) is 0 Å². The first-order valence-corrected chi connectivity index (χ1v) is 6.56. The Labute approximate surface area is 106 Å². The van der Waals surface area contributed by atoms with Crippen LogP contribution in [0.15, 0.2) is 28.7 Å². The van der Waals surface area contributed by atoms with Crippen molar-refractivity contribution in [3.63, 3.8) is 0 Å². The Bertz CT molecular complexity index is 315. The summed E-state index contributed by atoms with van der Waals surface area (Å²) in [7, 11) is 0. The molecule has 2 unspecified atom stereocenters. The van der Waals surface area contributed by atoms with Gasteiger partial charge in [-0.05, 0) is 50.9 Å². The highest BCUT2D eigenvalue weighted by Crippen LogP contribution is 2.17. The van der Waals surface area contributed by atoms with Crippen LogP contribution in [-0.2, 0) is 0 Å². The minimum atomic E-state index is -0.192. The molecule has 0 heterocycles. The zero-order valence-electron chi connectivity index (χ0n) is 9.91. The highest BCUT2D eigenvalue weighted by molar-refractivity contribution is 9.10. The van der Waals surface area contributed by atoms with Gasteiger partial charge in [-0.3, -0.25) is 0 Å². The van der Waals surface area contributed by atoms with Crippen LogP contribution in [0.2, 0.25) is 0 Å². The molecule has 0 aromatic heterocycles. The Morgan fingerprint density at radius 3 is 2.75 bits per heavy atom. The normalized spacial score (nSPS) is 14.8. The van der Waals surface area contributed by atoms with E-state index in [9.17, 15) is 0 Å². The monoisotopic (exact) mass is 285 g/mol. The Balaban J connectivity index is 2.32. The smallest absolute Gasteiger partial charge is 0.0512 e. The van der Waals surface area contributed by atoms with Gasteiger partial charge in [-0.15, -0.1) is 0 Å². The topological polar surface area (TPSA) is 32.3 Å². The van der Waals surface area contributed by atoms with Gasteiger partial charge in [-0.1, -0.05) is 28.1 Å². The van der Waals surface area contributed by atoms with Crippen LogP contribution in [0.3, 0.4) is 0 Å². The van der Waals surface area contributed by atoms with E-state index in [-0.39, 0.29) is 6.10 Å². The standard InChI is InChI=1S/C13H20BrNO/c1-10(16)5-4-8-15-11(2)12-6-3-7-13(14)9-12/h3,6-7,9-11,15-16H,4-5,8H2,1-2H3. The van der Waals surface area contributed by atoms with Crippen LogP contribution >= 0.6 is 15.9 Å². The van der Waals surface area contributed by atoms with E-state index in [1.54, 1.807) is 0 Å². The molecular formula is C13H20BrNO. The third kappa shape index (κ3) is 5.10. The second-order valence-corrected chi connectivity index (χ2v) is 5.14. The number of rotatable bonds is 6. The summed E-state index contributed by atoms with van der Waals surface area (Å²) in [4.78, 5) is 0. The van der Waals surface area contributed by atoms with Gasteiger partial charge >= 0.3 is 0 Å². The van der Waals surface area contributed by atoms with E-state index in [0.717, 1.165) is 23.9 Å². The van der Waals surface area contributed by atoms with E-state index in [0.29, 0.717) is 6.04 Å². The van der Waals surface area contributed by atoms with Crippen LogP contribution in [0.1, 0.15) is 38.3 Å². The maximum absolute atomic E-state index is 9.14. The molecule has 1 rings (SSSR count). The minimum Gasteiger partial charge on any atom is -0.393 e. The lowest BCUT2D eigenvalue weighted by molar-refractivity contribution is 0.181. The van der Waals surface area contributed by atoms with Crippen LogP contribution in [-0.4, -0.2) is 17.8 Å². The van der Waals surface area contributed by atoms with Crippen LogP contribution in [0.5, 0.6) is 0 Å². The van der Waals surface area contributed by atoms with E-state index >= 15 is 0 Å². The molecule has 0 saturated carbocycles. The predicted molar refractivity (Wildman–Crippen MR) is 71.5 cm³/mol. The average Bonchev–Trinajstić information content (AvgIpc) is 2.24. The third-order valence-corrected chi connectivity index (χ3v) is 3.09.